The topological polar surface area (TPSA) is 71.8 Å². The van der Waals surface area contributed by atoms with Gasteiger partial charge in [0.1, 0.15) is 11.4 Å². The van der Waals surface area contributed by atoms with Crippen LogP contribution in [-0.2, 0) is 14.0 Å². The zero-order valence-electron chi connectivity index (χ0n) is 17.2. The van der Waals surface area contributed by atoms with Gasteiger partial charge in [-0.1, -0.05) is 0 Å². The lowest BCUT2D eigenvalue weighted by Crippen LogP contribution is -2.41. The van der Waals surface area contributed by atoms with Crippen LogP contribution in [0.5, 0.6) is 5.75 Å². The third-order valence-corrected chi connectivity index (χ3v) is 4.98. The average molecular weight is 374 g/mol. The highest BCUT2D eigenvalue weighted by Crippen LogP contribution is 2.37. The summed E-state index contributed by atoms with van der Waals surface area (Å²) in [6, 6.07) is 3.68. The first-order chi connectivity index (χ1) is 12.3. The van der Waals surface area contributed by atoms with Gasteiger partial charge in [-0.05, 0) is 66.1 Å². The number of hydrogen-bond acceptors (Lipinski definition) is 6. The van der Waals surface area contributed by atoms with E-state index in [1.54, 1.807) is 13.3 Å². The molecule has 146 valence electrons. The molecule has 8 heteroatoms. The van der Waals surface area contributed by atoms with Crippen LogP contribution in [0.3, 0.4) is 0 Å². The Hall–Kier alpha value is -2.06. The molecular weight excluding hydrogens is 347 g/mol. The maximum atomic E-state index is 12.5. The molecule has 0 atom stereocenters. The van der Waals surface area contributed by atoms with E-state index in [2.05, 4.69) is 5.10 Å². The number of methoxy groups -OCH3 is 1. The Kier molecular flexibility index (Phi) is 4.55. The van der Waals surface area contributed by atoms with Gasteiger partial charge in [0, 0.05) is 0 Å². The van der Waals surface area contributed by atoms with Crippen LogP contribution in [0.1, 0.15) is 48.5 Å². The van der Waals surface area contributed by atoms with Gasteiger partial charge >= 0.3 is 13.2 Å². The molecule has 1 aliphatic heterocycles. The molecule has 0 bridgehead atoms. The van der Waals surface area contributed by atoms with E-state index in [9.17, 15) is 4.79 Å². The first kappa shape index (κ1) is 19.7. The van der Waals surface area contributed by atoms with Crippen LogP contribution in [0, 0.1) is 0 Å². The van der Waals surface area contributed by atoms with Crippen LogP contribution in [0.25, 0.3) is 10.9 Å². The summed E-state index contributed by atoms with van der Waals surface area (Å²) in [5, 5.41) is 4.91. The number of benzene rings is 1. The van der Waals surface area contributed by atoms with Crippen LogP contribution < -0.4 is 10.2 Å². The molecule has 0 unspecified atom stereocenters. The molecule has 1 fully saturated rings. The van der Waals surface area contributed by atoms with Crippen molar-refractivity contribution in [2.45, 2.75) is 65.3 Å². The molecule has 1 aromatic heterocycles. The van der Waals surface area contributed by atoms with Crippen molar-refractivity contribution in [1.29, 1.82) is 0 Å². The molecule has 1 aliphatic rings. The SMILES string of the molecule is COc1cc(B2OC(C)(C)C(C)(C)O2)cc2c1cnn2C(=O)OC(C)(C)C. The predicted octanol–water partition coefficient (Wildman–Crippen LogP) is 3.13. The minimum absolute atomic E-state index is 0.467. The maximum absolute atomic E-state index is 12.5. The minimum Gasteiger partial charge on any atom is -0.496 e. The Morgan fingerprint density at radius 2 is 1.74 bits per heavy atom. The highest BCUT2D eigenvalue weighted by Gasteiger charge is 2.52. The van der Waals surface area contributed by atoms with Gasteiger partial charge in [0.15, 0.2) is 0 Å². The van der Waals surface area contributed by atoms with E-state index in [-0.39, 0.29) is 0 Å². The molecule has 0 spiro atoms. The lowest BCUT2D eigenvalue weighted by molar-refractivity contribution is 0.00578. The normalized spacial score (nSPS) is 18.7. The molecule has 0 saturated carbocycles. The standard InChI is InChI=1S/C19H27BN2O5/c1-17(2,3)25-16(23)22-14-9-12(10-15(24-8)13(14)11-21-22)20-26-18(4,5)19(6,7)27-20/h9-11H,1-8H3. The summed E-state index contributed by atoms with van der Waals surface area (Å²) in [6.07, 6.45) is 1.04. The minimum atomic E-state index is -0.622. The maximum Gasteiger partial charge on any atom is 0.495 e. The Morgan fingerprint density at radius 3 is 2.26 bits per heavy atom. The van der Waals surface area contributed by atoms with Crippen LogP contribution in [0.4, 0.5) is 4.79 Å². The van der Waals surface area contributed by atoms with Gasteiger partial charge in [-0.3, -0.25) is 0 Å². The van der Waals surface area contributed by atoms with Crippen molar-refractivity contribution >= 4 is 29.6 Å². The molecule has 0 amide bonds. The Labute approximate surface area is 160 Å². The van der Waals surface area contributed by atoms with E-state index in [1.807, 2.05) is 60.6 Å². The number of hydrogen-bond donors (Lipinski definition) is 0. The first-order valence-electron chi connectivity index (χ1n) is 8.99. The summed E-state index contributed by atoms with van der Waals surface area (Å²) in [5.41, 5.74) is -0.226. The molecule has 3 rings (SSSR count). The Bertz CT molecular complexity index is 866. The van der Waals surface area contributed by atoms with Gasteiger partial charge in [0.05, 0.1) is 35.4 Å². The van der Waals surface area contributed by atoms with E-state index >= 15 is 0 Å². The van der Waals surface area contributed by atoms with Crippen molar-refractivity contribution in [3.63, 3.8) is 0 Å². The highest BCUT2D eigenvalue weighted by atomic mass is 16.7. The highest BCUT2D eigenvalue weighted by molar-refractivity contribution is 6.62. The lowest BCUT2D eigenvalue weighted by atomic mass is 9.78. The van der Waals surface area contributed by atoms with Gasteiger partial charge in [-0.25, -0.2) is 4.79 Å². The summed E-state index contributed by atoms with van der Waals surface area (Å²) in [5.74, 6) is 0.590. The number of carbonyl (C=O) groups is 1. The molecule has 0 aliphatic carbocycles. The monoisotopic (exact) mass is 374 g/mol. The lowest BCUT2D eigenvalue weighted by Gasteiger charge is -2.32. The van der Waals surface area contributed by atoms with Crippen molar-refractivity contribution in [3.8, 4) is 5.75 Å². The molecular formula is C19H27BN2O5. The van der Waals surface area contributed by atoms with E-state index in [0.717, 1.165) is 5.46 Å². The van der Waals surface area contributed by atoms with Crippen molar-refractivity contribution in [1.82, 2.24) is 9.78 Å². The second-order valence-electron chi connectivity index (χ2n) is 8.78. The van der Waals surface area contributed by atoms with E-state index < -0.39 is 30.0 Å². The predicted molar refractivity (Wildman–Crippen MR) is 104 cm³/mol. The quantitative estimate of drug-likeness (QED) is 0.753. The number of carbonyl (C=O) groups excluding carboxylic acids is 1. The summed E-state index contributed by atoms with van der Waals surface area (Å²) in [4.78, 5) is 12.5. The third kappa shape index (κ3) is 3.56. The summed E-state index contributed by atoms with van der Waals surface area (Å²) in [6.45, 7) is 13.4. The van der Waals surface area contributed by atoms with Crippen molar-refractivity contribution in [2.24, 2.45) is 0 Å². The van der Waals surface area contributed by atoms with Crippen molar-refractivity contribution in [2.75, 3.05) is 7.11 Å². The third-order valence-electron chi connectivity index (χ3n) is 4.98. The van der Waals surface area contributed by atoms with Crippen molar-refractivity contribution in [3.05, 3.63) is 18.3 Å². The summed E-state index contributed by atoms with van der Waals surface area (Å²) < 4.78 is 24.5. The van der Waals surface area contributed by atoms with Crippen molar-refractivity contribution < 1.29 is 23.6 Å². The largest absolute Gasteiger partial charge is 0.496 e. The fourth-order valence-electron chi connectivity index (χ4n) is 2.85. The molecule has 0 N–H and O–H groups in total. The molecule has 7 nitrogen and oxygen atoms in total. The number of rotatable bonds is 2. The number of nitrogens with zero attached hydrogens (tertiary/aromatic N) is 2. The number of fused-ring (bicyclic) bond motifs is 1. The summed E-state index contributed by atoms with van der Waals surface area (Å²) >= 11 is 0. The number of ether oxygens (including phenoxy) is 2. The fourth-order valence-corrected chi connectivity index (χ4v) is 2.85. The van der Waals surface area contributed by atoms with Gasteiger partial charge < -0.3 is 18.8 Å². The Balaban J connectivity index is 2.06. The smallest absolute Gasteiger partial charge is 0.495 e. The molecule has 1 saturated heterocycles. The molecule has 1 aromatic carbocycles. The zero-order chi connectivity index (χ0) is 20.2. The molecule has 2 heterocycles. The second kappa shape index (κ2) is 6.24. The van der Waals surface area contributed by atoms with Crippen LogP contribution in [0.2, 0.25) is 0 Å². The van der Waals surface area contributed by atoms with E-state index in [1.165, 1.54) is 4.68 Å². The van der Waals surface area contributed by atoms with Crippen LogP contribution in [-0.4, -0.2) is 46.9 Å². The van der Waals surface area contributed by atoms with E-state index in [0.29, 0.717) is 16.7 Å². The van der Waals surface area contributed by atoms with Crippen LogP contribution in [0.15, 0.2) is 18.3 Å². The van der Waals surface area contributed by atoms with E-state index in [4.69, 9.17) is 18.8 Å². The zero-order valence-corrected chi connectivity index (χ0v) is 17.2. The Morgan fingerprint density at radius 1 is 1.15 bits per heavy atom. The van der Waals surface area contributed by atoms with Gasteiger partial charge in [0.2, 0.25) is 0 Å². The van der Waals surface area contributed by atoms with Crippen LogP contribution >= 0.6 is 0 Å². The van der Waals surface area contributed by atoms with Gasteiger partial charge in [0.25, 0.3) is 0 Å². The average Bonchev–Trinajstić information content (AvgIpc) is 3.03. The summed E-state index contributed by atoms with van der Waals surface area (Å²) in [7, 11) is 1.00. The fraction of sp³-hybridized carbons (Fsp3) is 0.579. The van der Waals surface area contributed by atoms with Gasteiger partial charge in [-0.15, -0.1) is 0 Å². The molecule has 27 heavy (non-hydrogen) atoms. The first-order valence-corrected chi connectivity index (χ1v) is 8.99. The molecule has 0 radical (unpaired) electrons. The number of aromatic nitrogens is 2. The van der Waals surface area contributed by atoms with Gasteiger partial charge in [-0.2, -0.15) is 9.78 Å². The molecule has 2 aromatic rings. The second-order valence-corrected chi connectivity index (χ2v) is 8.78.